The molecule has 0 aliphatic rings. The fraction of sp³-hybridized carbons (Fsp3) is 0.692. The Balaban J connectivity index is 3.74. The molecule has 0 aromatic heterocycles. The summed E-state index contributed by atoms with van der Waals surface area (Å²) in [6.07, 6.45) is 1.89. The number of rotatable bonds is 8. The predicted molar refractivity (Wildman–Crippen MR) is 71.3 cm³/mol. The quantitative estimate of drug-likeness (QED) is 0.410. The lowest BCUT2D eigenvalue weighted by molar-refractivity contribution is -0.140. The van der Waals surface area contributed by atoms with Gasteiger partial charge in [-0.25, -0.2) is 4.79 Å². The summed E-state index contributed by atoms with van der Waals surface area (Å²) in [6.45, 7) is 9.42. The van der Waals surface area contributed by atoms with Crippen LogP contribution in [-0.2, 0) is 9.53 Å². The van der Waals surface area contributed by atoms with E-state index in [-0.39, 0.29) is 12.0 Å². The molecule has 0 atom stereocenters. The smallest absolute Gasteiger partial charge is 0.317 e. The Bertz CT molecular complexity index is 290. The maximum atomic E-state index is 11.7. The Kier molecular flexibility index (Phi) is 8.70. The minimum Gasteiger partial charge on any atom is -0.469 e. The summed E-state index contributed by atoms with van der Waals surface area (Å²) >= 11 is 0. The number of esters is 1. The van der Waals surface area contributed by atoms with Crippen LogP contribution in [0.2, 0.25) is 0 Å². The summed E-state index contributed by atoms with van der Waals surface area (Å²) < 4.78 is 4.53. The summed E-state index contributed by atoms with van der Waals surface area (Å²) in [4.78, 5) is 24.3. The molecule has 0 aliphatic carbocycles. The van der Waals surface area contributed by atoms with Crippen molar-refractivity contribution in [1.82, 2.24) is 10.2 Å². The van der Waals surface area contributed by atoms with Crippen LogP contribution >= 0.6 is 0 Å². The van der Waals surface area contributed by atoms with Crippen molar-refractivity contribution in [3.05, 3.63) is 12.2 Å². The number of hydrogen-bond acceptors (Lipinski definition) is 3. The Morgan fingerprint density at radius 1 is 1.33 bits per heavy atom. The van der Waals surface area contributed by atoms with Gasteiger partial charge >= 0.3 is 12.0 Å². The number of urea groups is 1. The topological polar surface area (TPSA) is 58.6 Å². The molecule has 0 aromatic rings. The zero-order chi connectivity index (χ0) is 14.0. The number of nitrogens with zero attached hydrogens (tertiary/aromatic N) is 1. The Labute approximate surface area is 109 Å². The number of likely N-dealkylation sites (N-methyl/N-ethyl adjacent to an activating group) is 1. The first kappa shape index (κ1) is 16.5. The van der Waals surface area contributed by atoms with Crippen molar-refractivity contribution in [2.45, 2.75) is 33.1 Å². The lowest BCUT2D eigenvalue weighted by atomic mass is 10.2. The summed E-state index contributed by atoms with van der Waals surface area (Å²) in [5.41, 5.74) is 0.956. The molecule has 18 heavy (non-hydrogen) atoms. The van der Waals surface area contributed by atoms with Crippen LogP contribution in [0.15, 0.2) is 12.2 Å². The van der Waals surface area contributed by atoms with E-state index in [2.05, 4.69) is 16.6 Å². The van der Waals surface area contributed by atoms with Gasteiger partial charge in [0.2, 0.25) is 0 Å². The third-order valence-corrected chi connectivity index (χ3v) is 2.44. The van der Waals surface area contributed by atoms with Crippen molar-refractivity contribution >= 4 is 12.0 Å². The van der Waals surface area contributed by atoms with E-state index < -0.39 is 0 Å². The summed E-state index contributed by atoms with van der Waals surface area (Å²) in [7, 11) is 1.38. The lowest BCUT2D eigenvalue weighted by Gasteiger charge is -2.21. The van der Waals surface area contributed by atoms with E-state index in [1.165, 1.54) is 7.11 Å². The summed E-state index contributed by atoms with van der Waals surface area (Å²) in [6, 6.07) is -0.0847. The summed E-state index contributed by atoms with van der Waals surface area (Å²) in [5.74, 6) is -0.209. The molecule has 0 saturated carbocycles. The molecule has 0 heterocycles. The van der Waals surface area contributed by atoms with Gasteiger partial charge in [-0.15, -0.1) is 0 Å². The highest BCUT2D eigenvalue weighted by Gasteiger charge is 2.10. The molecule has 1 N–H and O–H groups in total. The number of nitrogens with one attached hydrogen (secondary N) is 1. The van der Waals surface area contributed by atoms with Gasteiger partial charge < -0.3 is 15.0 Å². The maximum absolute atomic E-state index is 11.7. The summed E-state index contributed by atoms with van der Waals surface area (Å²) in [5, 5.41) is 2.82. The zero-order valence-corrected chi connectivity index (χ0v) is 11.6. The van der Waals surface area contributed by atoms with Crippen LogP contribution in [0.5, 0.6) is 0 Å². The first-order valence-electron chi connectivity index (χ1n) is 6.25. The van der Waals surface area contributed by atoms with Crippen LogP contribution in [0.4, 0.5) is 4.79 Å². The van der Waals surface area contributed by atoms with E-state index in [4.69, 9.17) is 0 Å². The molecule has 0 rings (SSSR count). The molecule has 0 radical (unpaired) electrons. The van der Waals surface area contributed by atoms with Gasteiger partial charge in [0, 0.05) is 26.1 Å². The van der Waals surface area contributed by atoms with Crippen molar-refractivity contribution in [2.24, 2.45) is 0 Å². The van der Waals surface area contributed by atoms with Gasteiger partial charge in [-0.05, 0) is 26.7 Å². The Morgan fingerprint density at radius 2 is 2.00 bits per heavy atom. The van der Waals surface area contributed by atoms with Crippen LogP contribution in [0, 0.1) is 0 Å². The predicted octanol–water partition coefficient (Wildman–Crippen LogP) is 1.94. The lowest BCUT2D eigenvalue weighted by Crippen LogP contribution is -2.41. The first-order chi connectivity index (χ1) is 8.51. The van der Waals surface area contributed by atoms with Crippen LogP contribution in [0.1, 0.15) is 33.1 Å². The molecule has 0 unspecified atom stereocenters. The second kappa shape index (κ2) is 9.50. The number of carbonyl (C=O) groups is 2. The van der Waals surface area contributed by atoms with E-state index in [0.29, 0.717) is 26.1 Å². The minimum atomic E-state index is -0.209. The fourth-order valence-electron chi connectivity index (χ4n) is 1.46. The molecule has 5 heteroatoms. The number of ether oxygens (including phenoxy) is 1. The SMILES string of the molecule is C=C(C)CN(CC)C(=O)NCCCCC(=O)OC. The Hall–Kier alpha value is -1.52. The molecule has 0 saturated heterocycles. The standard InChI is InChI=1S/C13H24N2O3/c1-5-15(10-11(2)3)13(17)14-9-7-6-8-12(16)18-4/h2,5-10H2,1,3-4H3,(H,14,17). The highest BCUT2D eigenvalue weighted by molar-refractivity contribution is 5.74. The third-order valence-electron chi connectivity index (χ3n) is 2.44. The van der Waals surface area contributed by atoms with Gasteiger partial charge in [-0.2, -0.15) is 0 Å². The van der Waals surface area contributed by atoms with Gasteiger partial charge in [-0.1, -0.05) is 12.2 Å². The number of methoxy groups -OCH3 is 1. The average molecular weight is 256 g/mol. The van der Waals surface area contributed by atoms with Crippen molar-refractivity contribution in [1.29, 1.82) is 0 Å². The van der Waals surface area contributed by atoms with E-state index in [0.717, 1.165) is 18.4 Å². The monoisotopic (exact) mass is 256 g/mol. The van der Waals surface area contributed by atoms with Crippen LogP contribution in [-0.4, -0.2) is 43.6 Å². The van der Waals surface area contributed by atoms with Gasteiger partial charge in [0.05, 0.1) is 7.11 Å². The van der Waals surface area contributed by atoms with Crippen molar-refractivity contribution in [2.75, 3.05) is 26.7 Å². The van der Waals surface area contributed by atoms with E-state index in [1.54, 1.807) is 4.90 Å². The van der Waals surface area contributed by atoms with Gasteiger partial charge in [0.15, 0.2) is 0 Å². The molecule has 0 fully saturated rings. The van der Waals surface area contributed by atoms with Crippen LogP contribution in [0.25, 0.3) is 0 Å². The largest absolute Gasteiger partial charge is 0.469 e. The van der Waals surface area contributed by atoms with Crippen molar-refractivity contribution < 1.29 is 14.3 Å². The molecule has 2 amide bonds. The fourth-order valence-corrected chi connectivity index (χ4v) is 1.46. The average Bonchev–Trinajstić information content (AvgIpc) is 2.34. The van der Waals surface area contributed by atoms with Gasteiger partial charge in [-0.3, -0.25) is 4.79 Å². The zero-order valence-electron chi connectivity index (χ0n) is 11.6. The highest BCUT2D eigenvalue weighted by Crippen LogP contribution is 1.98. The van der Waals surface area contributed by atoms with E-state index in [9.17, 15) is 9.59 Å². The van der Waals surface area contributed by atoms with Crippen molar-refractivity contribution in [3.63, 3.8) is 0 Å². The van der Waals surface area contributed by atoms with Crippen LogP contribution in [0.3, 0.4) is 0 Å². The third kappa shape index (κ3) is 7.70. The second-order valence-electron chi connectivity index (χ2n) is 4.24. The maximum Gasteiger partial charge on any atom is 0.317 e. The molecular formula is C13H24N2O3. The molecule has 5 nitrogen and oxygen atoms in total. The van der Waals surface area contributed by atoms with Crippen molar-refractivity contribution in [3.8, 4) is 0 Å². The number of hydrogen-bond donors (Lipinski definition) is 1. The molecule has 0 aromatic carbocycles. The number of unbranched alkanes of at least 4 members (excludes halogenated alkanes) is 1. The minimum absolute atomic E-state index is 0.0847. The molecule has 0 spiro atoms. The Morgan fingerprint density at radius 3 is 2.50 bits per heavy atom. The number of amides is 2. The van der Waals surface area contributed by atoms with Gasteiger partial charge in [0.25, 0.3) is 0 Å². The molecule has 104 valence electrons. The molecule has 0 bridgehead atoms. The molecular weight excluding hydrogens is 232 g/mol. The van der Waals surface area contributed by atoms with Crippen LogP contribution < -0.4 is 5.32 Å². The highest BCUT2D eigenvalue weighted by atomic mass is 16.5. The van der Waals surface area contributed by atoms with E-state index in [1.807, 2.05) is 13.8 Å². The normalized spacial score (nSPS) is 9.72. The number of carbonyl (C=O) groups excluding carboxylic acids is 2. The van der Waals surface area contributed by atoms with Gasteiger partial charge in [0.1, 0.15) is 0 Å². The first-order valence-corrected chi connectivity index (χ1v) is 6.25. The second-order valence-corrected chi connectivity index (χ2v) is 4.24. The molecule has 0 aliphatic heterocycles. The van der Waals surface area contributed by atoms with E-state index >= 15 is 0 Å².